The fraction of sp³-hybridized carbons (Fsp3) is 0.100. The van der Waals surface area contributed by atoms with E-state index in [0.29, 0.717) is 12.4 Å². The van der Waals surface area contributed by atoms with Gasteiger partial charge in [-0.3, -0.25) is 5.43 Å². The summed E-state index contributed by atoms with van der Waals surface area (Å²) in [5, 5.41) is 4.01. The number of hydrogen-bond donors (Lipinski definition) is 1. The van der Waals surface area contributed by atoms with Crippen LogP contribution in [0.5, 0.6) is 5.75 Å². The monoisotopic (exact) mass is 527 g/mol. The van der Waals surface area contributed by atoms with Crippen LogP contribution in [-0.2, 0) is 12.8 Å². The molecule has 150 valence electrons. The maximum absolute atomic E-state index is 12.5. The summed E-state index contributed by atoms with van der Waals surface area (Å²) in [6.45, 7) is 0.423. The fourth-order valence-corrected chi connectivity index (χ4v) is 3.77. The number of anilines is 1. The van der Waals surface area contributed by atoms with Gasteiger partial charge in [0.15, 0.2) is 0 Å². The van der Waals surface area contributed by atoms with Gasteiger partial charge >= 0.3 is 6.18 Å². The standard InChI is InChI=1S/C20H14Br2F3N3O/c21-16-8-14(9-17(22)19(16)29-12-13-4-2-1-3-5-13)10-27-28-18-7-6-15(11-26-18)20(23,24)25/h1-11H,12H2,(H,26,28)/b27-10-. The van der Waals surface area contributed by atoms with Crippen molar-refractivity contribution in [3.05, 3.63) is 86.4 Å². The highest BCUT2D eigenvalue weighted by atomic mass is 79.9. The second-order valence-electron chi connectivity index (χ2n) is 5.89. The first kappa shape index (κ1) is 21.3. The summed E-state index contributed by atoms with van der Waals surface area (Å²) in [6, 6.07) is 15.6. The number of hydrogen-bond acceptors (Lipinski definition) is 4. The van der Waals surface area contributed by atoms with Crippen LogP contribution < -0.4 is 10.2 Å². The van der Waals surface area contributed by atoms with Crippen molar-refractivity contribution >= 4 is 43.9 Å². The number of aromatic nitrogens is 1. The summed E-state index contributed by atoms with van der Waals surface area (Å²) in [4.78, 5) is 3.70. The molecule has 4 nitrogen and oxygen atoms in total. The van der Waals surface area contributed by atoms with Gasteiger partial charge in [0.1, 0.15) is 18.2 Å². The fourth-order valence-electron chi connectivity index (χ4n) is 2.32. The maximum atomic E-state index is 12.5. The normalized spacial score (nSPS) is 11.6. The average molecular weight is 529 g/mol. The Labute approximate surface area is 182 Å². The van der Waals surface area contributed by atoms with Gasteiger partial charge in [-0.1, -0.05) is 30.3 Å². The second-order valence-corrected chi connectivity index (χ2v) is 7.60. The number of nitrogens with one attached hydrogen (secondary N) is 1. The molecule has 0 unspecified atom stereocenters. The smallest absolute Gasteiger partial charge is 0.417 e. The van der Waals surface area contributed by atoms with Crippen LogP contribution in [0.3, 0.4) is 0 Å². The molecule has 3 aromatic rings. The van der Waals surface area contributed by atoms with Crippen LogP contribution in [0.1, 0.15) is 16.7 Å². The van der Waals surface area contributed by atoms with Crippen LogP contribution in [0.4, 0.5) is 19.0 Å². The zero-order chi connectivity index (χ0) is 20.9. The minimum Gasteiger partial charge on any atom is -0.487 e. The van der Waals surface area contributed by atoms with E-state index in [1.165, 1.54) is 12.3 Å². The van der Waals surface area contributed by atoms with Crippen molar-refractivity contribution in [3.63, 3.8) is 0 Å². The van der Waals surface area contributed by atoms with Crippen molar-refractivity contribution in [2.24, 2.45) is 5.10 Å². The first-order valence-corrected chi connectivity index (χ1v) is 9.89. The third kappa shape index (κ3) is 6.04. The number of alkyl halides is 3. The molecule has 0 atom stereocenters. The molecule has 0 saturated carbocycles. The van der Waals surface area contributed by atoms with Gasteiger partial charge in [-0.15, -0.1) is 0 Å². The molecule has 1 heterocycles. The van der Waals surface area contributed by atoms with Crippen molar-refractivity contribution in [1.82, 2.24) is 4.98 Å². The van der Waals surface area contributed by atoms with Crippen molar-refractivity contribution in [2.75, 3.05) is 5.43 Å². The molecular formula is C20H14Br2F3N3O. The highest BCUT2D eigenvalue weighted by molar-refractivity contribution is 9.11. The number of hydrazone groups is 1. The number of pyridine rings is 1. The van der Waals surface area contributed by atoms with Crippen LogP contribution in [0.2, 0.25) is 0 Å². The van der Waals surface area contributed by atoms with E-state index >= 15 is 0 Å². The lowest BCUT2D eigenvalue weighted by molar-refractivity contribution is -0.137. The summed E-state index contributed by atoms with van der Waals surface area (Å²) in [5.74, 6) is 0.860. The van der Waals surface area contributed by atoms with E-state index in [2.05, 4.69) is 47.4 Å². The van der Waals surface area contributed by atoms with Crippen LogP contribution in [0.15, 0.2) is 74.8 Å². The van der Waals surface area contributed by atoms with Gasteiger partial charge in [0.25, 0.3) is 0 Å². The largest absolute Gasteiger partial charge is 0.487 e. The molecule has 0 radical (unpaired) electrons. The third-order valence-corrected chi connectivity index (χ3v) is 4.91. The van der Waals surface area contributed by atoms with E-state index in [1.54, 1.807) is 0 Å². The maximum Gasteiger partial charge on any atom is 0.417 e. The second kappa shape index (κ2) is 9.41. The number of halogens is 5. The molecule has 0 bridgehead atoms. The molecule has 0 aliphatic carbocycles. The Hall–Kier alpha value is -2.39. The Morgan fingerprint density at radius 2 is 1.72 bits per heavy atom. The summed E-state index contributed by atoms with van der Waals surface area (Å²) >= 11 is 6.96. The van der Waals surface area contributed by atoms with E-state index in [-0.39, 0.29) is 5.82 Å². The molecule has 2 aromatic carbocycles. The summed E-state index contributed by atoms with van der Waals surface area (Å²) in [6.07, 6.45) is -2.14. The first-order chi connectivity index (χ1) is 13.8. The molecule has 1 aromatic heterocycles. The predicted octanol–water partition coefficient (Wildman–Crippen LogP) is 6.65. The van der Waals surface area contributed by atoms with Gasteiger partial charge < -0.3 is 4.74 Å². The van der Waals surface area contributed by atoms with E-state index in [4.69, 9.17) is 4.74 Å². The zero-order valence-electron chi connectivity index (χ0n) is 14.8. The Balaban J connectivity index is 1.64. The van der Waals surface area contributed by atoms with Crippen molar-refractivity contribution in [2.45, 2.75) is 12.8 Å². The van der Waals surface area contributed by atoms with Crippen molar-refractivity contribution in [1.29, 1.82) is 0 Å². The van der Waals surface area contributed by atoms with Crippen molar-refractivity contribution < 1.29 is 17.9 Å². The minimum atomic E-state index is -4.42. The SMILES string of the molecule is FC(F)(F)c1ccc(N/N=C\c2cc(Br)c(OCc3ccccc3)c(Br)c2)nc1. The zero-order valence-corrected chi connectivity index (χ0v) is 17.9. The van der Waals surface area contributed by atoms with E-state index in [1.807, 2.05) is 42.5 Å². The quantitative estimate of drug-likeness (QED) is 0.288. The molecule has 0 aliphatic rings. The van der Waals surface area contributed by atoms with E-state index < -0.39 is 11.7 Å². The lowest BCUT2D eigenvalue weighted by atomic mass is 10.2. The lowest BCUT2D eigenvalue weighted by Crippen LogP contribution is -2.05. The highest BCUT2D eigenvalue weighted by Gasteiger charge is 2.30. The molecule has 1 N–H and O–H groups in total. The number of ether oxygens (including phenoxy) is 1. The highest BCUT2D eigenvalue weighted by Crippen LogP contribution is 2.35. The molecule has 9 heteroatoms. The van der Waals surface area contributed by atoms with Gasteiger partial charge in [0, 0.05) is 6.20 Å². The molecule has 0 spiro atoms. The predicted molar refractivity (Wildman–Crippen MR) is 113 cm³/mol. The van der Waals surface area contributed by atoms with Crippen LogP contribution >= 0.6 is 31.9 Å². The Bertz CT molecular complexity index is 971. The number of benzene rings is 2. The van der Waals surface area contributed by atoms with Gasteiger partial charge in [-0.05, 0) is 67.3 Å². The van der Waals surface area contributed by atoms with Gasteiger partial charge in [0.2, 0.25) is 0 Å². The third-order valence-electron chi connectivity index (χ3n) is 3.73. The summed E-state index contributed by atoms with van der Waals surface area (Å²) in [5.41, 5.74) is 3.58. The van der Waals surface area contributed by atoms with Crippen molar-refractivity contribution in [3.8, 4) is 5.75 Å². The minimum absolute atomic E-state index is 0.204. The molecule has 29 heavy (non-hydrogen) atoms. The van der Waals surface area contributed by atoms with Crippen LogP contribution in [-0.4, -0.2) is 11.2 Å². The molecule has 3 rings (SSSR count). The van der Waals surface area contributed by atoms with Crippen LogP contribution in [0, 0.1) is 0 Å². The van der Waals surface area contributed by atoms with Crippen LogP contribution in [0.25, 0.3) is 0 Å². The summed E-state index contributed by atoms with van der Waals surface area (Å²) in [7, 11) is 0. The number of rotatable bonds is 6. The van der Waals surface area contributed by atoms with E-state index in [9.17, 15) is 13.2 Å². The Morgan fingerprint density at radius 1 is 1.03 bits per heavy atom. The molecule has 0 amide bonds. The summed E-state index contributed by atoms with van der Waals surface area (Å²) < 4.78 is 45.0. The first-order valence-electron chi connectivity index (χ1n) is 8.31. The Kier molecular flexibility index (Phi) is 6.92. The van der Waals surface area contributed by atoms with Gasteiger partial charge in [-0.25, -0.2) is 4.98 Å². The molecular weight excluding hydrogens is 515 g/mol. The lowest BCUT2D eigenvalue weighted by Gasteiger charge is -2.11. The molecule has 0 aliphatic heterocycles. The number of nitrogens with zero attached hydrogens (tertiary/aromatic N) is 2. The topological polar surface area (TPSA) is 46.5 Å². The molecule has 0 saturated heterocycles. The van der Waals surface area contributed by atoms with Gasteiger partial charge in [0.05, 0.1) is 20.7 Å². The molecule has 0 fully saturated rings. The average Bonchev–Trinajstić information content (AvgIpc) is 2.68. The van der Waals surface area contributed by atoms with Gasteiger partial charge in [-0.2, -0.15) is 18.3 Å². The Morgan fingerprint density at radius 3 is 2.31 bits per heavy atom. The van der Waals surface area contributed by atoms with E-state index in [0.717, 1.165) is 32.3 Å².